The maximum absolute atomic E-state index is 12.3. The number of halogens is 7. The van der Waals surface area contributed by atoms with Crippen LogP contribution in [0, 0.1) is 0 Å². The van der Waals surface area contributed by atoms with Crippen molar-refractivity contribution < 1.29 is 17.6 Å². The fourth-order valence-corrected chi connectivity index (χ4v) is 1.61. The fraction of sp³-hybridized carbons (Fsp3) is 0.167. The van der Waals surface area contributed by atoms with Crippen LogP contribution in [0.25, 0.3) is 0 Å². The lowest BCUT2D eigenvalue weighted by Crippen LogP contribution is -2.02. The summed E-state index contributed by atoms with van der Waals surface area (Å²) in [6, 6.07) is 4.51. The standard InChI is InChI=1S/C6H3Cl2F2N.C6H4ClF2N/c7-5-3-4(1-2-11-5)6(8,9)10;7-5-3-4(6(8)9)1-2-10-5/h1-3H;1-3,6H. The quantitative estimate of drug-likeness (QED) is 0.390. The number of nitrogens with zero attached hydrogens (tertiary/aromatic N) is 2. The molecule has 0 spiro atoms. The molecule has 114 valence electrons. The number of hydrogen-bond donors (Lipinski definition) is 0. The first-order chi connectivity index (χ1) is 9.70. The van der Waals surface area contributed by atoms with E-state index in [9.17, 15) is 17.6 Å². The van der Waals surface area contributed by atoms with Crippen molar-refractivity contribution in [1.82, 2.24) is 9.97 Å². The normalized spacial score (nSPS) is 11.0. The zero-order valence-electron chi connectivity index (χ0n) is 10.1. The third-order valence-electron chi connectivity index (χ3n) is 2.06. The molecular weight excluding hydrogens is 354 g/mol. The van der Waals surface area contributed by atoms with Crippen molar-refractivity contribution in [3.8, 4) is 0 Å². The zero-order chi connectivity index (χ0) is 16.0. The Labute approximate surface area is 132 Å². The van der Waals surface area contributed by atoms with Gasteiger partial charge in [-0.2, -0.15) is 8.78 Å². The average Bonchev–Trinajstić information content (AvgIpc) is 2.38. The number of aromatic nitrogens is 2. The summed E-state index contributed by atoms with van der Waals surface area (Å²) in [5.74, 6) is 0. The lowest BCUT2D eigenvalue weighted by Gasteiger charge is -2.06. The van der Waals surface area contributed by atoms with Crippen LogP contribution in [0.1, 0.15) is 17.6 Å². The number of rotatable bonds is 2. The second-order valence-corrected chi connectivity index (χ2v) is 4.83. The molecule has 0 saturated heterocycles. The summed E-state index contributed by atoms with van der Waals surface area (Å²) in [6.45, 7) is 0. The molecule has 0 aliphatic heterocycles. The molecule has 0 aliphatic carbocycles. The van der Waals surface area contributed by atoms with Gasteiger partial charge in [-0.1, -0.05) is 23.2 Å². The van der Waals surface area contributed by atoms with Crippen molar-refractivity contribution >= 4 is 34.8 Å². The van der Waals surface area contributed by atoms with Crippen LogP contribution in [0.5, 0.6) is 0 Å². The van der Waals surface area contributed by atoms with Gasteiger partial charge in [0, 0.05) is 23.5 Å². The molecule has 0 bridgehead atoms. The Balaban J connectivity index is 0.000000211. The molecule has 9 heteroatoms. The Kier molecular flexibility index (Phi) is 6.64. The zero-order valence-corrected chi connectivity index (χ0v) is 12.3. The minimum absolute atomic E-state index is 0.00262. The van der Waals surface area contributed by atoms with Crippen LogP contribution in [-0.4, -0.2) is 9.97 Å². The molecule has 21 heavy (non-hydrogen) atoms. The Morgan fingerprint density at radius 2 is 1.48 bits per heavy atom. The van der Waals surface area contributed by atoms with Crippen LogP contribution in [-0.2, 0) is 5.38 Å². The van der Waals surface area contributed by atoms with E-state index in [1.807, 2.05) is 0 Å². The van der Waals surface area contributed by atoms with Crippen LogP contribution in [0.3, 0.4) is 0 Å². The highest BCUT2D eigenvalue weighted by atomic mass is 35.5. The van der Waals surface area contributed by atoms with Gasteiger partial charge in [-0.05, 0) is 35.9 Å². The van der Waals surface area contributed by atoms with E-state index in [0.717, 1.165) is 18.2 Å². The van der Waals surface area contributed by atoms with Gasteiger partial charge in [-0.3, -0.25) is 0 Å². The lowest BCUT2D eigenvalue weighted by molar-refractivity contribution is 0.0950. The molecule has 0 atom stereocenters. The minimum Gasteiger partial charge on any atom is -0.245 e. The smallest absolute Gasteiger partial charge is 0.245 e. The van der Waals surface area contributed by atoms with E-state index >= 15 is 0 Å². The van der Waals surface area contributed by atoms with Crippen molar-refractivity contribution in [2.24, 2.45) is 0 Å². The largest absolute Gasteiger partial charge is 0.348 e. The maximum Gasteiger partial charge on any atom is 0.348 e. The summed E-state index contributed by atoms with van der Waals surface area (Å²) in [5.41, 5.74) is -0.445. The summed E-state index contributed by atoms with van der Waals surface area (Å²) < 4.78 is 48.3. The van der Waals surface area contributed by atoms with E-state index in [0.29, 0.717) is 0 Å². The van der Waals surface area contributed by atoms with Gasteiger partial charge in [0.25, 0.3) is 6.43 Å². The van der Waals surface area contributed by atoms with Gasteiger partial charge in [0.1, 0.15) is 10.3 Å². The van der Waals surface area contributed by atoms with Crippen LogP contribution in [0.4, 0.5) is 17.6 Å². The molecule has 0 saturated carbocycles. The molecule has 2 aromatic rings. The molecule has 0 fully saturated rings. The third-order valence-corrected chi connectivity index (χ3v) is 2.69. The summed E-state index contributed by atoms with van der Waals surface area (Å²) in [7, 11) is 0. The van der Waals surface area contributed by atoms with Gasteiger partial charge in [-0.15, -0.1) is 0 Å². The molecule has 0 unspecified atom stereocenters. The summed E-state index contributed by atoms with van der Waals surface area (Å²) in [6.07, 6.45) is -0.0434. The molecular formula is C12H7Cl3F4N2. The predicted molar refractivity (Wildman–Crippen MR) is 73.2 cm³/mol. The molecule has 2 rings (SSSR count). The number of hydrogen-bond acceptors (Lipinski definition) is 2. The van der Waals surface area contributed by atoms with E-state index in [2.05, 4.69) is 9.97 Å². The molecule has 2 heterocycles. The Morgan fingerprint density at radius 3 is 1.81 bits per heavy atom. The molecule has 0 amide bonds. The maximum atomic E-state index is 12.3. The van der Waals surface area contributed by atoms with Crippen molar-refractivity contribution in [2.75, 3.05) is 0 Å². The van der Waals surface area contributed by atoms with Gasteiger partial charge in [-0.25, -0.2) is 18.7 Å². The Bertz CT molecular complexity index is 591. The Hall–Kier alpha value is -1.11. The minimum atomic E-state index is -3.37. The van der Waals surface area contributed by atoms with Gasteiger partial charge in [0.2, 0.25) is 0 Å². The van der Waals surface area contributed by atoms with Gasteiger partial charge >= 0.3 is 5.38 Å². The molecule has 0 aromatic carbocycles. The van der Waals surface area contributed by atoms with Crippen LogP contribution in [0.2, 0.25) is 10.3 Å². The predicted octanol–water partition coefficient (Wildman–Crippen LogP) is 5.70. The summed E-state index contributed by atoms with van der Waals surface area (Å²) >= 11 is 15.4. The second-order valence-electron chi connectivity index (χ2n) is 3.58. The van der Waals surface area contributed by atoms with Crippen molar-refractivity contribution in [1.29, 1.82) is 0 Å². The first-order valence-electron chi connectivity index (χ1n) is 5.28. The van der Waals surface area contributed by atoms with E-state index in [1.54, 1.807) is 0 Å². The van der Waals surface area contributed by atoms with Crippen molar-refractivity contribution in [3.63, 3.8) is 0 Å². The molecule has 0 aliphatic rings. The van der Waals surface area contributed by atoms with E-state index in [-0.39, 0.29) is 21.4 Å². The first kappa shape index (κ1) is 17.9. The van der Waals surface area contributed by atoms with Crippen LogP contribution >= 0.6 is 34.8 Å². The molecule has 0 radical (unpaired) electrons. The van der Waals surface area contributed by atoms with Crippen LogP contribution < -0.4 is 0 Å². The highest BCUT2D eigenvalue weighted by Gasteiger charge is 2.27. The van der Waals surface area contributed by atoms with Crippen molar-refractivity contribution in [2.45, 2.75) is 11.8 Å². The SMILES string of the molecule is FC(F)(Cl)c1ccnc(Cl)c1.FC(F)c1ccnc(Cl)c1. The molecule has 0 N–H and O–H groups in total. The molecule has 2 aromatic heterocycles. The lowest BCUT2D eigenvalue weighted by atomic mass is 10.3. The highest BCUT2D eigenvalue weighted by Crippen LogP contribution is 2.32. The monoisotopic (exact) mass is 360 g/mol. The van der Waals surface area contributed by atoms with Gasteiger partial charge in [0.15, 0.2) is 0 Å². The molecule has 2 nitrogen and oxygen atoms in total. The summed E-state index contributed by atoms with van der Waals surface area (Å²) in [5, 5.41) is -3.27. The Morgan fingerprint density at radius 1 is 0.952 bits per heavy atom. The number of pyridine rings is 2. The third kappa shape index (κ3) is 6.46. The fourth-order valence-electron chi connectivity index (χ4n) is 1.13. The number of alkyl halides is 5. The van der Waals surface area contributed by atoms with Crippen molar-refractivity contribution in [3.05, 3.63) is 58.1 Å². The van der Waals surface area contributed by atoms with E-state index < -0.39 is 11.8 Å². The van der Waals surface area contributed by atoms with Gasteiger partial charge in [0.05, 0.1) is 0 Å². The van der Waals surface area contributed by atoms with Crippen LogP contribution in [0.15, 0.2) is 36.7 Å². The van der Waals surface area contributed by atoms with Gasteiger partial charge < -0.3 is 0 Å². The van der Waals surface area contributed by atoms with E-state index in [1.165, 1.54) is 18.5 Å². The topological polar surface area (TPSA) is 25.8 Å². The average molecular weight is 362 g/mol. The first-order valence-corrected chi connectivity index (χ1v) is 6.42. The second kappa shape index (κ2) is 7.77. The highest BCUT2D eigenvalue weighted by molar-refractivity contribution is 6.29. The van der Waals surface area contributed by atoms with E-state index in [4.69, 9.17) is 34.8 Å². The summed E-state index contributed by atoms with van der Waals surface area (Å²) in [4.78, 5) is 7.08.